The lowest BCUT2D eigenvalue weighted by Crippen LogP contribution is -2.04. The van der Waals surface area contributed by atoms with E-state index in [9.17, 15) is 0 Å². The lowest BCUT2D eigenvalue weighted by molar-refractivity contribution is 0.680. The summed E-state index contributed by atoms with van der Waals surface area (Å²) >= 11 is 12.8. The van der Waals surface area contributed by atoms with Crippen LogP contribution in [-0.4, -0.2) is 19.5 Å². The van der Waals surface area contributed by atoms with E-state index in [1.165, 1.54) is 12.8 Å². The van der Waals surface area contributed by atoms with Crippen molar-refractivity contribution in [1.29, 1.82) is 0 Å². The summed E-state index contributed by atoms with van der Waals surface area (Å²) in [4.78, 5) is 13.1. The number of aryl methyl sites for hydroxylation is 1. The first-order valence-corrected chi connectivity index (χ1v) is 8.19. The quantitative estimate of drug-likeness (QED) is 0.764. The van der Waals surface area contributed by atoms with Gasteiger partial charge in [-0.15, -0.1) is 0 Å². The Labute approximate surface area is 134 Å². The molecule has 3 rings (SSSR count). The molecule has 0 aromatic carbocycles. The Bertz CT molecular complexity index is 609. The van der Waals surface area contributed by atoms with Crippen molar-refractivity contribution in [2.45, 2.75) is 51.5 Å². The van der Waals surface area contributed by atoms with Crippen LogP contribution >= 0.6 is 23.2 Å². The predicted molar refractivity (Wildman–Crippen MR) is 84.8 cm³/mol. The van der Waals surface area contributed by atoms with E-state index < -0.39 is 0 Å². The number of hydrogen-bond donors (Lipinski definition) is 0. The minimum Gasteiger partial charge on any atom is -0.328 e. The van der Waals surface area contributed by atoms with E-state index in [4.69, 9.17) is 23.2 Å². The van der Waals surface area contributed by atoms with Crippen LogP contribution in [0.15, 0.2) is 12.5 Å². The summed E-state index contributed by atoms with van der Waals surface area (Å²) in [5.74, 6) is 0.956. The zero-order chi connectivity index (χ0) is 14.8. The summed E-state index contributed by atoms with van der Waals surface area (Å²) in [7, 11) is 0. The van der Waals surface area contributed by atoms with Gasteiger partial charge in [0.05, 0.1) is 12.5 Å². The molecule has 2 heterocycles. The summed E-state index contributed by atoms with van der Waals surface area (Å²) in [6.07, 6.45) is 9.25. The molecule has 2 aromatic heterocycles. The summed E-state index contributed by atoms with van der Waals surface area (Å²) in [5.41, 5.74) is 1.78. The van der Waals surface area contributed by atoms with Crippen LogP contribution in [0.5, 0.6) is 0 Å². The highest BCUT2D eigenvalue weighted by molar-refractivity contribution is 6.34. The third kappa shape index (κ3) is 2.92. The predicted octanol–water partition coefficient (Wildman–Crippen LogP) is 4.71. The molecule has 2 aromatic rings. The Morgan fingerprint density at radius 3 is 2.48 bits per heavy atom. The largest absolute Gasteiger partial charge is 0.328 e. The number of nitrogens with zero attached hydrogens (tertiary/aromatic N) is 4. The van der Waals surface area contributed by atoms with Crippen molar-refractivity contribution in [3.05, 3.63) is 28.4 Å². The third-order valence-electron chi connectivity index (χ3n) is 4.02. The summed E-state index contributed by atoms with van der Waals surface area (Å²) in [6, 6.07) is 0. The van der Waals surface area contributed by atoms with Crippen molar-refractivity contribution in [2.75, 3.05) is 0 Å². The van der Waals surface area contributed by atoms with Gasteiger partial charge in [0.1, 0.15) is 16.0 Å². The fourth-order valence-corrected chi connectivity index (χ4v) is 3.70. The maximum atomic E-state index is 6.40. The van der Waals surface area contributed by atoms with Crippen LogP contribution in [0.25, 0.3) is 11.5 Å². The van der Waals surface area contributed by atoms with Gasteiger partial charge >= 0.3 is 0 Å². The molecular formula is C15H18Cl2N4. The zero-order valence-corrected chi connectivity index (χ0v) is 13.5. The zero-order valence-electron chi connectivity index (χ0n) is 12.0. The van der Waals surface area contributed by atoms with Gasteiger partial charge in [0.25, 0.3) is 0 Å². The maximum absolute atomic E-state index is 6.40. The number of rotatable bonds is 4. The normalized spacial score (nSPS) is 15.8. The van der Waals surface area contributed by atoms with Crippen molar-refractivity contribution in [1.82, 2.24) is 19.5 Å². The molecule has 6 heteroatoms. The van der Waals surface area contributed by atoms with Crippen molar-refractivity contribution in [3.8, 4) is 11.5 Å². The topological polar surface area (TPSA) is 43.6 Å². The fraction of sp³-hybridized carbons (Fsp3) is 0.533. The molecule has 0 N–H and O–H groups in total. The van der Waals surface area contributed by atoms with Gasteiger partial charge in [-0.2, -0.15) is 0 Å². The van der Waals surface area contributed by atoms with Crippen LogP contribution in [0.2, 0.25) is 10.3 Å². The van der Waals surface area contributed by atoms with Crippen molar-refractivity contribution < 1.29 is 0 Å². The van der Waals surface area contributed by atoms with Gasteiger partial charge in [0.2, 0.25) is 0 Å². The van der Waals surface area contributed by atoms with Crippen molar-refractivity contribution in [3.63, 3.8) is 0 Å². The molecule has 21 heavy (non-hydrogen) atoms. The van der Waals surface area contributed by atoms with E-state index in [1.807, 2.05) is 4.57 Å². The molecule has 0 spiro atoms. The van der Waals surface area contributed by atoms with Gasteiger partial charge in [0, 0.05) is 12.1 Å². The molecule has 112 valence electrons. The molecular weight excluding hydrogens is 307 g/mol. The van der Waals surface area contributed by atoms with Gasteiger partial charge in [0.15, 0.2) is 5.82 Å². The van der Waals surface area contributed by atoms with E-state index in [0.29, 0.717) is 22.0 Å². The Morgan fingerprint density at radius 2 is 1.86 bits per heavy atom. The minimum atomic E-state index is 0.402. The molecule has 4 nitrogen and oxygen atoms in total. The molecule has 1 aliphatic rings. The molecule has 0 unspecified atom stereocenters. The summed E-state index contributed by atoms with van der Waals surface area (Å²) in [6.45, 7) is 2.99. The Morgan fingerprint density at radius 1 is 1.19 bits per heavy atom. The Balaban J connectivity index is 1.99. The molecule has 0 saturated heterocycles. The van der Waals surface area contributed by atoms with Gasteiger partial charge in [-0.1, -0.05) is 43.0 Å². The third-order valence-corrected chi connectivity index (χ3v) is 4.60. The van der Waals surface area contributed by atoms with Gasteiger partial charge in [-0.3, -0.25) is 0 Å². The van der Waals surface area contributed by atoms with Crippen LogP contribution in [0, 0.1) is 0 Å². The highest BCUT2D eigenvalue weighted by atomic mass is 35.5. The second kappa shape index (κ2) is 6.32. The molecule has 0 aliphatic heterocycles. The monoisotopic (exact) mass is 324 g/mol. The van der Waals surface area contributed by atoms with E-state index in [0.717, 1.165) is 37.1 Å². The number of aromatic nitrogens is 4. The minimum absolute atomic E-state index is 0.402. The molecule has 0 radical (unpaired) electrons. The molecule has 0 amide bonds. The lowest BCUT2D eigenvalue weighted by atomic mass is 10.0. The van der Waals surface area contributed by atoms with Crippen molar-refractivity contribution >= 4 is 23.2 Å². The summed E-state index contributed by atoms with van der Waals surface area (Å²) in [5, 5.41) is 0.974. The Hall–Kier alpha value is -1.13. The van der Waals surface area contributed by atoms with E-state index in [1.54, 1.807) is 12.5 Å². The molecule has 0 bridgehead atoms. The first kappa shape index (κ1) is 14.8. The summed E-state index contributed by atoms with van der Waals surface area (Å²) < 4.78 is 2.03. The number of hydrogen-bond acceptors (Lipinski definition) is 3. The lowest BCUT2D eigenvalue weighted by Gasteiger charge is -2.14. The number of halogens is 2. The van der Waals surface area contributed by atoms with Crippen LogP contribution < -0.4 is 0 Å². The van der Waals surface area contributed by atoms with Crippen LogP contribution in [0.1, 0.15) is 50.5 Å². The highest BCUT2D eigenvalue weighted by Gasteiger charge is 2.25. The van der Waals surface area contributed by atoms with Crippen LogP contribution in [0.4, 0.5) is 0 Å². The highest BCUT2D eigenvalue weighted by Crippen LogP contribution is 2.40. The first-order valence-electron chi connectivity index (χ1n) is 7.44. The average molecular weight is 325 g/mol. The van der Waals surface area contributed by atoms with Crippen LogP contribution in [0.3, 0.4) is 0 Å². The second-order valence-electron chi connectivity index (χ2n) is 5.50. The molecule has 1 fully saturated rings. The number of imidazole rings is 1. The second-order valence-corrected chi connectivity index (χ2v) is 6.21. The SMILES string of the molecule is CCCn1cncc1-c1nc(Cl)c(C2CCCC2)c(Cl)n1. The van der Waals surface area contributed by atoms with Gasteiger partial charge in [-0.25, -0.2) is 15.0 Å². The average Bonchev–Trinajstić information content (AvgIpc) is 3.09. The molecule has 1 aliphatic carbocycles. The van der Waals surface area contributed by atoms with Gasteiger partial charge < -0.3 is 4.57 Å². The van der Waals surface area contributed by atoms with Crippen molar-refractivity contribution in [2.24, 2.45) is 0 Å². The fourth-order valence-electron chi connectivity index (χ4n) is 3.01. The van der Waals surface area contributed by atoms with Crippen LogP contribution in [-0.2, 0) is 6.54 Å². The smallest absolute Gasteiger partial charge is 0.180 e. The molecule has 1 saturated carbocycles. The first-order chi connectivity index (χ1) is 10.2. The maximum Gasteiger partial charge on any atom is 0.180 e. The van der Waals surface area contributed by atoms with E-state index >= 15 is 0 Å². The van der Waals surface area contributed by atoms with E-state index in [2.05, 4.69) is 21.9 Å². The standard InChI is InChI=1S/C15H18Cl2N4/c1-2-7-21-9-18-8-11(21)15-19-13(16)12(14(17)20-15)10-5-3-4-6-10/h8-10H,2-7H2,1H3. The Kier molecular flexibility index (Phi) is 4.45. The molecule has 0 atom stereocenters. The van der Waals surface area contributed by atoms with E-state index in [-0.39, 0.29) is 0 Å². The van der Waals surface area contributed by atoms with Gasteiger partial charge in [-0.05, 0) is 25.2 Å².